The molecule has 17 heavy (non-hydrogen) atoms. The summed E-state index contributed by atoms with van der Waals surface area (Å²) in [5, 5.41) is 11.0. The first-order chi connectivity index (χ1) is 8.08. The van der Waals surface area contributed by atoms with Crippen LogP contribution in [0.1, 0.15) is 9.75 Å². The van der Waals surface area contributed by atoms with Gasteiger partial charge in [0.1, 0.15) is 4.34 Å². The van der Waals surface area contributed by atoms with Crippen molar-refractivity contribution in [2.75, 3.05) is 0 Å². The number of halogens is 2. The number of carboxylic acids is 1. The number of hydrogen-bond donors (Lipinski definition) is 1. The van der Waals surface area contributed by atoms with Crippen molar-refractivity contribution in [1.82, 2.24) is 0 Å². The fraction of sp³-hybridized carbons (Fsp3) is 0. The Morgan fingerprint density at radius 1 is 1.53 bits per heavy atom. The van der Waals surface area contributed by atoms with Gasteiger partial charge in [-0.15, -0.1) is 22.7 Å². The van der Waals surface area contributed by atoms with Gasteiger partial charge in [0.2, 0.25) is 0 Å². The van der Waals surface area contributed by atoms with Gasteiger partial charge < -0.3 is 5.11 Å². The summed E-state index contributed by atoms with van der Waals surface area (Å²) < 4.78 is 1.40. The highest BCUT2D eigenvalue weighted by molar-refractivity contribution is 9.10. The lowest BCUT2D eigenvalue weighted by atomic mass is 10.2. The molecule has 0 saturated heterocycles. The first-order valence-electron chi connectivity index (χ1n) is 4.51. The minimum absolute atomic E-state index is 0.283. The average molecular weight is 350 g/mol. The third kappa shape index (κ3) is 2.98. The third-order valence-electron chi connectivity index (χ3n) is 1.97. The molecule has 0 bridgehead atoms. The van der Waals surface area contributed by atoms with Crippen LogP contribution in [0.5, 0.6) is 0 Å². The van der Waals surface area contributed by atoms with Gasteiger partial charge in [-0.3, -0.25) is 0 Å². The van der Waals surface area contributed by atoms with Crippen molar-refractivity contribution in [2.45, 2.75) is 0 Å². The quantitative estimate of drug-likeness (QED) is 0.804. The fourth-order valence-corrected chi connectivity index (χ4v) is 3.66. The van der Waals surface area contributed by atoms with Crippen molar-refractivity contribution in [1.29, 1.82) is 0 Å². The normalized spacial score (nSPS) is 11.8. The topological polar surface area (TPSA) is 37.3 Å². The van der Waals surface area contributed by atoms with Crippen LogP contribution < -0.4 is 0 Å². The molecule has 6 heteroatoms. The van der Waals surface area contributed by atoms with Crippen LogP contribution >= 0.6 is 50.2 Å². The highest BCUT2D eigenvalue weighted by atomic mass is 79.9. The lowest BCUT2D eigenvalue weighted by molar-refractivity contribution is -0.130. The molecule has 0 atom stereocenters. The van der Waals surface area contributed by atoms with Gasteiger partial charge in [-0.1, -0.05) is 17.7 Å². The molecule has 1 N–H and O–H groups in total. The van der Waals surface area contributed by atoms with Gasteiger partial charge in [0.15, 0.2) is 0 Å². The zero-order valence-electron chi connectivity index (χ0n) is 8.31. The monoisotopic (exact) mass is 348 g/mol. The lowest BCUT2D eigenvalue weighted by Crippen LogP contribution is -1.97. The zero-order chi connectivity index (χ0) is 12.4. The molecule has 2 aromatic rings. The summed E-state index contributed by atoms with van der Waals surface area (Å²) in [7, 11) is 0. The van der Waals surface area contributed by atoms with E-state index in [0.717, 1.165) is 14.2 Å². The molecular weight excluding hydrogens is 344 g/mol. The van der Waals surface area contributed by atoms with E-state index in [1.54, 1.807) is 12.1 Å². The van der Waals surface area contributed by atoms with Crippen LogP contribution in [0.4, 0.5) is 0 Å². The van der Waals surface area contributed by atoms with Crippen LogP contribution in [0.2, 0.25) is 4.34 Å². The predicted octanol–water partition coefficient (Wildman–Crippen LogP) is 4.85. The van der Waals surface area contributed by atoms with Crippen LogP contribution in [0, 0.1) is 0 Å². The Balaban J connectivity index is 2.44. The first kappa shape index (κ1) is 12.8. The van der Waals surface area contributed by atoms with E-state index in [9.17, 15) is 9.90 Å². The molecule has 88 valence electrons. The highest BCUT2D eigenvalue weighted by Gasteiger charge is 2.12. The summed E-state index contributed by atoms with van der Waals surface area (Å²) in [6, 6.07) is 5.42. The maximum Gasteiger partial charge on any atom is 0.337 e. The van der Waals surface area contributed by atoms with E-state index in [1.807, 2.05) is 17.5 Å². The summed E-state index contributed by atoms with van der Waals surface area (Å²) in [5.41, 5.74) is 0.283. The SMILES string of the molecule is O=C(O)/C(=C/c1cc(Br)c(Cl)s1)c1cccs1. The van der Waals surface area contributed by atoms with Gasteiger partial charge in [0, 0.05) is 14.2 Å². The summed E-state index contributed by atoms with van der Waals surface area (Å²) in [5.74, 6) is -0.937. The van der Waals surface area contributed by atoms with E-state index in [1.165, 1.54) is 22.7 Å². The second-order valence-electron chi connectivity index (χ2n) is 3.11. The van der Waals surface area contributed by atoms with E-state index in [0.29, 0.717) is 4.34 Å². The molecule has 0 aliphatic heterocycles. The molecule has 0 radical (unpaired) electrons. The van der Waals surface area contributed by atoms with E-state index >= 15 is 0 Å². The van der Waals surface area contributed by atoms with Crippen LogP contribution in [-0.2, 0) is 4.79 Å². The molecule has 0 unspecified atom stereocenters. The molecule has 0 spiro atoms. The Morgan fingerprint density at radius 2 is 2.29 bits per heavy atom. The highest BCUT2D eigenvalue weighted by Crippen LogP contribution is 2.34. The van der Waals surface area contributed by atoms with Crippen molar-refractivity contribution in [3.63, 3.8) is 0 Å². The molecule has 2 aromatic heterocycles. The van der Waals surface area contributed by atoms with Crippen molar-refractivity contribution in [2.24, 2.45) is 0 Å². The van der Waals surface area contributed by atoms with Crippen molar-refractivity contribution >= 4 is 67.8 Å². The Kier molecular flexibility index (Phi) is 4.04. The summed E-state index contributed by atoms with van der Waals surface area (Å²) >= 11 is 12.0. The fourth-order valence-electron chi connectivity index (χ4n) is 1.25. The Labute approximate surface area is 119 Å². The Bertz CT molecular complexity index is 553. The van der Waals surface area contributed by atoms with Crippen LogP contribution in [0.15, 0.2) is 28.1 Å². The molecule has 2 heterocycles. The van der Waals surface area contributed by atoms with Crippen molar-refractivity contribution < 1.29 is 9.90 Å². The molecule has 0 aliphatic carbocycles. The number of thiophene rings is 2. The van der Waals surface area contributed by atoms with E-state index in [-0.39, 0.29) is 5.57 Å². The maximum atomic E-state index is 11.2. The molecule has 2 nitrogen and oxygen atoms in total. The summed E-state index contributed by atoms with van der Waals surface area (Å²) in [6.07, 6.45) is 1.63. The Morgan fingerprint density at radius 3 is 2.76 bits per heavy atom. The molecule has 0 saturated carbocycles. The standard InChI is InChI=1S/C11H6BrClO2S2/c12-8-5-6(17-10(8)13)4-7(11(14)15)9-2-1-3-16-9/h1-5H,(H,14,15)/b7-4+. The predicted molar refractivity (Wildman–Crippen MR) is 76.9 cm³/mol. The van der Waals surface area contributed by atoms with Gasteiger partial charge in [-0.25, -0.2) is 4.79 Å². The van der Waals surface area contributed by atoms with Crippen LogP contribution in [-0.4, -0.2) is 11.1 Å². The van der Waals surface area contributed by atoms with E-state index in [2.05, 4.69) is 15.9 Å². The average Bonchev–Trinajstić information content (AvgIpc) is 2.86. The largest absolute Gasteiger partial charge is 0.478 e. The van der Waals surface area contributed by atoms with Crippen LogP contribution in [0.3, 0.4) is 0 Å². The van der Waals surface area contributed by atoms with Gasteiger partial charge >= 0.3 is 5.97 Å². The minimum Gasteiger partial charge on any atom is -0.478 e. The van der Waals surface area contributed by atoms with Gasteiger partial charge in [0.05, 0.1) is 5.57 Å². The number of carboxylic acid groups (broad SMARTS) is 1. The Hall–Kier alpha value is -0.620. The molecule has 0 fully saturated rings. The second kappa shape index (κ2) is 5.35. The molecule has 0 aromatic carbocycles. The second-order valence-corrected chi connectivity index (χ2v) is 6.60. The smallest absolute Gasteiger partial charge is 0.337 e. The van der Waals surface area contributed by atoms with Crippen molar-refractivity contribution in [3.05, 3.63) is 42.1 Å². The first-order valence-corrected chi connectivity index (χ1v) is 7.38. The third-order valence-corrected chi connectivity index (χ3v) is 5.29. The summed E-state index contributed by atoms with van der Waals surface area (Å²) in [6.45, 7) is 0. The van der Waals surface area contributed by atoms with Gasteiger partial charge in [-0.05, 0) is 39.5 Å². The number of rotatable bonds is 3. The van der Waals surface area contributed by atoms with Crippen molar-refractivity contribution in [3.8, 4) is 0 Å². The zero-order valence-corrected chi connectivity index (χ0v) is 12.3. The molecule has 0 aliphatic rings. The molecule has 2 rings (SSSR count). The number of hydrogen-bond acceptors (Lipinski definition) is 3. The van der Waals surface area contributed by atoms with E-state index < -0.39 is 5.97 Å². The van der Waals surface area contributed by atoms with E-state index in [4.69, 9.17) is 11.6 Å². The minimum atomic E-state index is -0.937. The number of carbonyl (C=O) groups is 1. The molecular formula is C11H6BrClO2S2. The van der Waals surface area contributed by atoms with Gasteiger partial charge in [-0.2, -0.15) is 0 Å². The lowest BCUT2D eigenvalue weighted by Gasteiger charge is -1.97. The van der Waals surface area contributed by atoms with Gasteiger partial charge in [0.25, 0.3) is 0 Å². The summed E-state index contributed by atoms with van der Waals surface area (Å²) in [4.78, 5) is 12.7. The van der Waals surface area contributed by atoms with Crippen LogP contribution in [0.25, 0.3) is 11.6 Å². The molecule has 0 amide bonds. The number of aliphatic carboxylic acids is 1. The maximum absolute atomic E-state index is 11.2.